The zero-order valence-corrected chi connectivity index (χ0v) is 10.3. The molecule has 2 heterocycles. The fraction of sp³-hybridized carbons (Fsp3) is 0.100. The molecule has 2 rings (SSSR count). The average molecular weight is 303 g/mol. The van der Waals surface area contributed by atoms with E-state index < -0.39 is 0 Å². The second-order valence-electron chi connectivity index (χ2n) is 2.81. The molecule has 0 aromatic carbocycles. The molecule has 13 heavy (non-hydrogen) atoms. The second kappa shape index (κ2) is 4.20. The Morgan fingerprint density at radius 1 is 1.23 bits per heavy atom. The van der Waals surface area contributed by atoms with E-state index in [1.807, 2.05) is 6.07 Å². The minimum atomic E-state index is 0. The Labute approximate surface area is 96.3 Å². The maximum absolute atomic E-state index is 3.44. The summed E-state index contributed by atoms with van der Waals surface area (Å²) in [7, 11) is 0. The minimum Gasteiger partial charge on any atom is -1.00 e. The van der Waals surface area contributed by atoms with Gasteiger partial charge < -0.3 is 17.0 Å². The third-order valence-electron chi connectivity index (χ3n) is 1.93. The summed E-state index contributed by atoms with van der Waals surface area (Å²) in [5.74, 6) is 0. The zero-order valence-electron chi connectivity index (χ0n) is 7.17. The lowest BCUT2D eigenvalue weighted by Gasteiger charge is -1.93. The highest BCUT2D eigenvalue weighted by Gasteiger charge is 2.03. The molecule has 68 valence electrons. The maximum Gasteiger partial charge on any atom is 0.211 e. The van der Waals surface area contributed by atoms with E-state index in [0.29, 0.717) is 0 Å². The third-order valence-corrected chi connectivity index (χ3v) is 2.42. The Hall–Kier alpha value is -0.410. The number of hydrogen-bond acceptors (Lipinski definition) is 0. The van der Waals surface area contributed by atoms with Crippen molar-refractivity contribution in [1.29, 1.82) is 0 Å². The number of pyridine rings is 2. The highest BCUT2D eigenvalue weighted by Crippen LogP contribution is 2.09. The number of fused-ring (bicyclic) bond motifs is 1. The predicted molar refractivity (Wildman–Crippen MR) is 52.0 cm³/mol. The van der Waals surface area contributed by atoms with Gasteiger partial charge in [-0.15, -0.1) is 0 Å². The number of rotatable bonds is 0. The van der Waals surface area contributed by atoms with Crippen molar-refractivity contribution in [3.05, 3.63) is 46.7 Å². The fourth-order valence-electron chi connectivity index (χ4n) is 1.31. The van der Waals surface area contributed by atoms with E-state index in [4.69, 9.17) is 0 Å². The molecule has 0 bridgehead atoms. The Morgan fingerprint density at radius 2 is 2.00 bits per heavy atom. The molecule has 3 heteroatoms. The Bertz CT molecular complexity index is 426. The first-order valence-electron chi connectivity index (χ1n) is 3.84. The van der Waals surface area contributed by atoms with Crippen LogP contribution in [0.3, 0.4) is 0 Å². The maximum atomic E-state index is 3.44. The first-order chi connectivity index (χ1) is 5.77. The van der Waals surface area contributed by atoms with Crippen molar-refractivity contribution >= 4 is 21.4 Å². The van der Waals surface area contributed by atoms with Crippen molar-refractivity contribution in [3.63, 3.8) is 0 Å². The van der Waals surface area contributed by atoms with Gasteiger partial charge in [-0.3, -0.25) is 0 Å². The van der Waals surface area contributed by atoms with Gasteiger partial charge in [-0.1, -0.05) is 15.9 Å². The van der Waals surface area contributed by atoms with Crippen molar-refractivity contribution in [1.82, 2.24) is 0 Å². The molecule has 0 radical (unpaired) electrons. The normalized spacial score (nSPS) is 9.69. The number of nitrogens with zero attached hydrogens (tertiary/aromatic N) is 1. The van der Waals surface area contributed by atoms with Gasteiger partial charge in [0, 0.05) is 35.7 Å². The van der Waals surface area contributed by atoms with Gasteiger partial charge in [0.1, 0.15) is 0 Å². The molecular weight excluding hydrogens is 294 g/mol. The van der Waals surface area contributed by atoms with Gasteiger partial charge in [0.25, 0.3) is 0 Å². The van der Waals surface area contributed by atoms with Crippen LogP contribution in [0, 0.1) is 6.92 Å². The lowest BCUT2D eigenvalue weighted by atomic mass is 10.3. The molecule has 0 fully saturated rings. The summed E-state index contributed by atoms with van der Waals surface area (Å²) in [6, 6.07) is 10.4. The summed E-state index contributed by atoms with van der Waals surface area (Å²) in [4.78, 5) is 0. The van der Waals surface area contributed by atoms with E-state index in [0.717, 1.165) is 4.47 Å². The molecule has 0 aliphatic carbocycles. The van der Waals surface area contributed by atoms with Crippen molar-refractivity contribution in [2.24, 2.45) is 0 Å². The van der Waals surface area contributed by atoms with Gasteiger partial charge in [0.15, 0.2) is 11.9 Å². The fourth-order valence-corrected chi connectivity index (χ4v) is 1.66. The monoisotopic (exact) mass is 301 g/mol. The molecule has 0 N–H and O–H groups in total. The molecule has 2 aromatic rings. The van der Waals surface area contributed by atoms with E-state index in [1.165, 1.54) is 11.2 Å². The molecule has 1 nitrogen and oxygen atoms in total. The molecule has 0 aliphatic heterocycles. The molecular formula is C10H9Br2N. The molecule has 0 aliphatic rings. The van der Waals surface area contributed by atoms with Crippen molar-refractivity contribution < 1.29 is 21.4 Å². The largest absolute Gasteiger partial charge is 1.00 e. The lowest BCUT2D eigenvalue weighted by molar-refractivity contribution is -0.519. The smallest absolute Gasteiger partial charge is 0.211 e. The van der Waals surface area contributed by atoms with E-state index in [2.05, 4.69) is 57.7 Å². The van der Waals surface area contributed by atoms with E-state index in [-0.39, 0.29) is 17.0 Å². The van der Waals surface area contributed by atoms with Crippen LogP contribution in [0.1, 0.15) is 5.69 Å². The Balaban J connectivity index is 0.000000845. The molecule has 0 spiro atoms. The van der Waals surface area contributed by atoms with Crippen molar-refractivity contribution in [2.45, 2.75) is 6.92 Å². The summed E-state index contributed by atoms with van der Waals surface area (Å²) >= 11 is 3.44. The van der Waals surface area contributed by atoms with Gasteiger partial charge >= 0.3 is 0 Å². The van der Waals surface area contributed by atoms with Crippen LogP contribution < -0.4 is 21.4 Å². The molecule has 0 saturated carbocycles. The summed E-state index contributed by atoms with van der Waals surface area (Å²) < 4.78 is 3.28. The van der Waals surface area contributed by atoms with Gasteiger partial charge in [-0.2, -0.15) is 4.40 Å². The van der Waals surface area contributed by atoms with Crippen LogP contribution in [-0.2, 0) is 0 Å². The van der Waals surface area contributed by atoms with E-state index in [1.54, 1.807) is 0 Å². The zero-order chi connectivity index (χ0) is 8.55. The van der Waals surface area contributed by atoms with Crippen LogP contribution in [0.15, 0.2) is 41.0 Å². The molecule has 0 saturated heterocycles. The second-order valence-corrected chi connectivity index (χ2v) is 3.72. The first-order valence-corrected chi connectivity index (χ1v) is 4.63. The SMILES string of the molecule is Cc1cccc2cc(Br)cc[n+]12.[Br-]. The van der Waals surface area contributed by atoms with Crippen LogP contribution in [0.25, 0.3) is 5.52 Å². The molecule has 0 atom stereocenters. The van der Waals surface area contributed by atoms with Gasteiger partial charge in [0.05, 0.1) is 0 Å². The lowest BCUT2D eigenvalue weighted by Crippen LogP contribution is -3.00. The summed E-state index contributed by atoms with van der Waals surface area (Å²) in [5.41, 5.74) is 2.46. The highest BCUT2D eigenvalue weighted by molar-refractivity contribution is 9.10. The van der Waals surface area contributed by atoms with Crippen LogP contribution in [0.2, 0.25) is 0 Å². The van der Waals surface area contributed by atoms with Gasteiger partial charge in [-0.05, 0) is 6.07 Å². The van der Waals surface area contributed by atoms with Crippen LogP contribution in [0.4, 0.5) is 0 Å². The standard InChI is InChI=1S/C10H9BrN.BrH/c1-8-3-2-4-10-7-9(11)5-6-12(8)10;/h2-7H,1H3;1H/q+1;/p-1. The van der Waals surface area contributed by atoms with Gasteiger partial charge in [0.2, 0.25) is 5.52 Å². The van der Waals surface area contributed by atoms with Crippen LogP contribution in [0.5, 0.6) is 0 Å². The number of aryl methyl sites for hydroxylation is 1. The predicted octanol–water partition coefficient (Wildman–Crippen LogP) is -0.500. The van der Waals surface area contributed by atoms with Gasteiger partial charge in [-0.25, -0.2) is 0 Å². The van der Waals surface area contributed by atoms with Crippen LogP contribution >= 0.6 is 15.9 Å². The topological polar surface area (TPSA) is 4.10 Å². The molecule has 0 unspecified atom stereocenters. The summed E-state index contributed by atoms with van der Waals surface area (Å²) in [6.07, 6.45) is 2.06. The number of aromatic nitrogens is 1. The summed E-state index contributed by atoms with van der Waals surface area (Å²) in [5, 5.41) is 0. The highest BCUT2D eigenvalue weighted by atomic mass is 79.9. The number of halogens is 2. The first kappa shape index (κ1) is 10.7. The minimum absolute atomic E-state index is 0. The third kappa shape index (κ3) is 2.09. The molecule has 2 aromatic heterocycles. The van der Waals surface area contributed by atoms with E-state index >= 15 is 0 Å². The quantitative estimate of drug-likeness (QED) is 0.578. The van der Waals surface area contributed by atoms with Crippen LogP contribution in [-0.4, -0.2) is 0 Å². The summed E-state index contributed by atoms with van der Waals surface area (Å²) in [6.45, 7) is 2.10. The molecule has 0 amide bonds. The average Bonchev–Trinajstić information content (AvgIpc) is 2.04. The Morgan fingerprint density at radius 3 is 2.77 bits per heavy atom. The van der Waals surface area contributed by atoms with E-state index in [9.17, 15) is 0 Å². The Kier molecular flexibility index (Phi) is 3.45. The van der Waals surface area contributed by atoms with Crippen molar-refractivity contribution in [2.75, 3.05) is 0 Å². The number of hydrogen-bond donors (Lipinski definition) is 0. The van der Waals surface area contributed by atoms with Crippen molar-refractivity contribution in [3.8, 4) is 0 Å².